The van der Waals surface area contributed by atoms with Gasteiger partial charge in [-0.1, -0.05) is 11.3 Å². The molecule has 3 rings (SSSR count). The highest BCUT2D eigenvalue weighted by molar-refractivity contribution is 7.15. The zero-order valence-electron chi connectivity index (χ0n) is 10.5. The molecule has 1 saturated heterocycles. The molecule has 1 aliphatic carbocycles. The normalized spacial score (nSPS) is 28.4. The number of rotatable bonds is 3. The third kappa shape index (κ3) is 2.21. The van der Waals surface area contributed by atoms with E-state index in [0.717, 1.165) is 23.0 Å². The monoisotopic (exact) mass is 266 g/mol. The van der Waals surface area contributed by atoms with Crippen LogP contribution < -0.4 is 10.6 Å². The van der Waals surface area contributed by atoms with Crippen molar-refractivity contribution in [3.8, 4) is 0 Å². The van der Waals surface area contributed by atoms with Crippen molar-refractivity contribution in [2.24, 2.45) is 11.7 Å². The molecule has 1 aliphatic heterocycles. The Morgan fingerprint density at radius 2 is 2.11 bits per heavy atom. The molecule has 0 spiro atoms. The van der Waals surface area contributed by atoms with Crippen LogP contribution in [0.15, 0.2) is 0 Å². The zero-order valence-corrected chi connectivity index (χ0v) is 11.3. The third-order valence-electron chi connectivity index (χ3n) is 3.89. The summed E-state index contributed by atoms with van der Waals surface area (Å²) >= 11 is 1.68. The summed E-state index contributed by atoms with van der Waals surface area (Å²) in [5.74, 6) is 0.400. The number of nitrogens with zero attached hydrogens (tertiary/aromatic N) is 3. The fourth-order valence-corrected chi connectivity index (χ4v) is 3.57. The van der Waals surface area contributed by atoms with Gasteiger partial charge >= 0.3 is 0 Å². The highest BCUT2D eigenvalue weighted by Crippen LogP contribution is 2.43. The summed E-state index contributed by atoms with van der Waals surface area (Å²) in [5, 5.41) is 10.7. The Kier molecular flexibility index (Phi) is 2.97. The number of hydrogen-bond donors (Lipinski definition) is 1. The molecule has 0 radical (unpaired) electrons. The van der Waals surface area contributed by atoms with Crippen molar-refractivity contribution in [3.05, 3.63) is 5.01 Å². The van der Waals surface area contributed by atoms with Crippen LogP contribution >= 0.6 is 11.3 Å². The van der Waals surface area contributed by atoms with E-state index in [4.69, 9.17) is 5.73 Å². The molecule has 2 atom stereocenters. The quantitative estimate of drug-likeness (QED) is 0.900. The lowest BCUT2D eigenvalue weighted by Gasteiger charge is -2.36. The molecule has 1 amide bonds. The maximum Gasteiger partial charge on any atom is 0.222 e. The summed E-state index contributed by atoms with van der Waals surface area (Å²) in [6, 6.07) is 0.417. The topological polar surface area (TPSA) is 72.1 Å². The Morgan fingerprint density at radius 1 is 1.33 bits per heavy atom. The molecule has 2 heterocycles. The maximum atomic E-state index is 11.3. The Morgan fingerprint density at radius 3 is 2.78 bits per heavy atom. The Bertz CT molecular complexity index is 457. The van der Waals surface area contributed by atoms with Crippen molar-refractivity contribution in [3.63, 3.8) is 0 Å². The summed E-state index contributed by atoms with van der Waals surface area (Å²) in [7, 11) is 0. The minimum atomic E-state index is -0.196. The van der Waals surface area contributed by atoms with Gasteiger partial charge in [-0.25, -0.2) is 0 Å². The Hall–Kier alpha value is -1.17. The standard InChI is InChI=1S/C12H18N4OS/c1-7-2-3-9(10(13)17)6-16(7)12-15-14-11(18-12)8-4-5-8/h7-9H,2-6H2,1H3,(H2,13,17)/t7-,9-/m1/s1. The molecule has 0 unspecified atom stereocenters. The van der Waals surface area contributed by atoms with Gasteiger partial charge in [0, 0.05) is 18.5 Å². The van der Waals surface area contributed by atoms with Crippen molar-refractivity contribution in [1.29, 1.82) is 0 Å². The van der Waals surface area contributed by atoms with E-state index in [2.05, 4.69) is 22.0 Å². The minimum Gasteiger partial charge on any atom is -0.369 e. The molecule has 98 valence electrons. The second kappa shape index (κ2) is 4.50. The fourth-order valence-electron chi connectivity index (χ4n) is 2.44. The molecule has 18 heavy (non-hydrogen) atoms. The Balaban J connectivity index is 1.77. The highest BCUT2D eigenvalue weighted by Gasteiger charge is 2.33. The minimum absolute atomic E-state index is 0.0468. The molecule has 6 heteroatoms. The van der Waals surface area contributed by atoms with Crippen LogP contribution in [0.3, 0.4) is 0 Å². The van der Waals surface area contributed by atoms with Crippen LogP contribution in [0, 0.1) is 5.92 Å². The van der Waals surface area contributed by atoms with Crippen molar-refractivity contribution >= 4 is 22.4 Å². The second-order valence-electron chi connectivity index (χ2n) is 5.38. The number of nitrogens with two attached hydrogens (primary N) is 1. The van der Waals surface area contributed by atoms with Gasteiger partial charge in [0.1, 0.15) is 5.01 Å². The number of aromatic nitrogens is 2. The molecular formula is C12H18N4OS. The molecule has 2 fully saturated rings. The number of carbonyl (C=O) groups is 1. The number of piperidine rings is 1. The number of hydrogen-bond acceptors (Lipinski definition) is 5. The summed E-state index contributed by atoms with van der Waals surface area (Å²) in [6.07, 6.45) is 4.37. The lowest BCUT2D eigenvalue weighted by molar-refractivity contribution is -0.122. The van der Waals surface area contributed by atoms with Crippen LogP contribution in [-0.4, -0.2) is 28.7 Å². The van der Waals surface area contributed by atoms with Gasteiger partial charge in [-0.05, 0) is 32.6 Å². The SMILES string of the molecule is C[C@@H]1CC[C@@H](C(N)=O)CN1c1nnc(C2CC2)s1. The van der Waals surface area contributed by atoms with E-state index < -0.39 is 0 Å². The van der Waals surface area contributed by atoms with Gasteiger partial charge in [0.25, 0.3) is 0 Å². The summed E-state index contributed by atoms with van der Waals surface area (Å²) in [4.78, 5) is 13.5. The number of primary amides is 1. The lowest BCUT2D eigenvalue weighted by Crippen LogP contribution is -2.45. The summed E-state index contributed by atoms with van der Waals surface area (Å²) < 4.78 is 0. The molecule has 1 aromatic heterocycles. The van der Waals surface area contributed by atoms with Crippen LogP contribution in [0.4, 0.5) is 5.13 Å². The predicted molar refractivity (Wildman–Crippen MR) is 70.6 cm³/mol. The van der Waals surface area contributed by atoms with Crippen molar-refractivity contribution in [1.82, 2.24) is 10.2 Å². The van der Waals surface area contributed by atoms with Gasteiger partial charge < -0.3 is 10.6 Å². The fraction of sp³-hybridized carbons (Fsp3) is 0.750. The van der Waals surface area contributed by atoms with Gasteiger partial charge in [0.2, 0.25) is 11.0 Å². The number of amides is 1. The molecule has 1 aromatic rings. The largest absolute Gasteiger partial charge is 0.369 e. The molecule has 0 aromatic carbocycles. The van der Waals surface area contributed by atoms with Gasteiger partial charge in [-0.2, -0.15) is 0 Å². The first kappa shape index (κ1) is 11.9. The molecule has 2 aliphatic rings. The highest BCUT2D eigenvalue weighted by atomic mass is 32.1. The summed E-state index contributed by atoms with van der Waals surface area (Å²) in [6.45, 7) is 2.87. The smallest absolute Gasteiger partial charge is 0.222 e. The molecular weight excluding hydrogens is 248 g/mol. The first-order valence-corrected chi connectivity index (χ1v) is 7.36. The lowest BCUT2D eigenvalue weighted by atomic mass is 9.93. The van der Waals surface area contributed by atoms with Crippen LogP contribution in [0.5, 0.6) is 0 Å². The van der Waals surface area contributed by atoms with Crippen molar-refractivity contribution < 1.29 is 4.79 Å². The van der Waals surface area contributed by atoms with E-state index in [1.54, 1.807) is 11.3 Å². The second-order valence-corrected chi connectivity index (χ2v) is 6.36. The molecule has 2 N–H and O–H groups in total. The average molecular weight is 266 g/mol. The van der Waals surface area contributed by atoms with Gasteiger partial charge in [-0.15, -0.1) is 10.2 Å². The van der Waals surface area contributed by atoms with E-state index in [-0.39, 0.29) is 11.8 Å². The summed E-state index contributed by atoms with van der Waals surface area (Å²) in [5.41, 5.74) is 5.42. The maximum absolute atomic E-state index is 11.3. The average Bonchev–Trinajstić information content (AvgIpc) is 3.08. The van der Waals surface area contributed by atoms with Gasteiger partial charge in [0.05, 0.1) is 5.92 Å². The van der Waals surface area contributed by atoms with Crippen LogP contribution in [-0.2, 0) is 4.79 Å². The Labute approximate surface area is 110 Å². The van der Waals surface area contributed by atoms with Gasteiger partial charge in [-0.3, -0.25) is 4.79 Å². The molecule has 1 saturated carbocycles. The van der Waals surface area contributed by atoms with E-state index in [9.17, 15) is 4.79 Å². The predicted octanol–water partition coefficient (Wildman–Crippen LogP) is 1.51. The van der Waals surface area contributed by atoms with E-state index in [1.165, 1.54) is 12.8 Å². The van der Waals surface area contributed by atoms with E-state index in [0.29, 0.717) is 18.5 Å². The molecule has 0 bridgehead atoms. The number of anilines is 1. The zero-order chi connectivity index (χ0) is 12.7. The van der Waals surface area contributed by atoms with Gasteiger partial charge in [0.15, 0.2) is 0 Å². The van der Waals surface area contributed by atoms with E-state index in [1.807, 2.05) is 0 Å². The van der Waals surface area contributed by atoms with Crippen LogP contribution in [0.1, 0.15) is 43.5 Å². The number of carbonyl (C=O) groups excluding carboxylic acids is 1. The third-order valence-corrected chi connectivity index (χ3v) is 5.01. The van der Waals surface area contributed by atoms with E-state index >= 15 is 0 Å². The van der Waals surface area contributed by atoms with Crippen molar-refractivity contribution in [2.75, 3.05) is 11.4 Å². The first-order valence-electron chi connectivity index (χ1n) is 6.54. The van der Waals surface area contributed by atoms with Crippen LogP contribution in [0.25, 0.3) is 0 Å². The first-order chi connectivity index (χ1) is 8.65. The molecule has 5 nitrogen and oxygen atoms in total. The van der Waals surface area contributed by atoms with Crippen LogP contribution in [0.2, 0.25) is 0 Å². The van der Waals surface area contributed by atoms with Crippen molar-refractivity contribution in [2.45, 2.75) is 44.6 Å².